The van der Waals surface area contributed by atoms with Crippen LogP contribution < -0.4 is 5.32 Å². The molecule has 0 bridgehead atoms. The van der Waals surface area contributed by atoms with Crippen LogP contribution in [0, 0.1) is 17.2 Å². The zero-order chi connectivity index (χ0) is 21.9. The van der Waals surface area contributed by atoms with Crippen molar-refractivity contribution in [3.05, 3.63) is 54.1 Å². The van der Waals surface area contributed by atoms with E-state index in [1.165, 1.54) is 28.6 Å². The zero-order valence-corrected chi connectivity index (χ0v) is 17.9. The average molecular weight is 448 g/mol. The number of benzene rings is 2. The van der Waals surface area contributed by atoms with Crippen molar-refractivity contribution in [2.45, 2.75) is 22.6 Å². The third kappa shape index (κ3) is 4.70. The van der Waals surface area contributed by atoms with E-state index in [0.29, 0.717) is 24.1 Å². The van der Waals surface area contributed by atoms with Crippen LogP contribution in [0.4, 0.5) is 5.69 Å². The summed E-state index contributed by atoms with van der Waals surface area (Å²) in [4.78, 5) is 12.6. The van der Waals surface area contributed by atoms with Crippen LogP contribution in [-0.4, -0.2) is 46.4 Å². The molecule has 1 heterocycles. The van der Waals surface area contributed by atoms with Crippen molar-refractivity contribution in [1.82, 2.24) is 4.31 Å². The predicted octanol–water partition coefficient (Wildman–Crippen LogP) is 2.00. The summed E-state index contributed by atoms with van der Waals surface area (Å²) in [6, 6.07) is 13.8. The van der Waals surface area contributed by atoms with E-state index in [0.717, 1.165) is 6.26 Å². The quantitative estimate of drug-likeness (QED) is 0.747. The maximum Gasteiger partial charge on any atom is 0.243 e. The molecule has 1 N–H and O–H groups in total. The highest BCUT2D eigenvalue weighted by Crippen LogP contribution is 2.26. The fourth-order valence-corrected chi connectivity index (χ4v) is 5.39. The number of anilines is 1. The van der Waals surface area contributed by atoms with Crippen molar-refractivity contribution in [2.75, 3.05) is 24.7 Å². The van der Waals surface area contributed by atoms with Gasteiger partial charge >= 0.3 is 0 Å². The highest BCUT2D eigenvalue weighted by molar-refractivity contribution is 7.90. The lowest BCUT2D eigenvalue weighted by molar-refractivity contribution is -0.120. The summed E-state index contributed by atoms with van der Waals surface area (Å²) in [6.45, 7) is 0.349. The number of amides is 1. The first kappa shape index (κ1) is 22.0. The molecule has 8 nitrogen and oxygen atoms in total. The normalized spacial score (nSPS) is 16.0. The number of nitrogens with one attached hydrogen (secondary N) is 1. The third-order valence-electron chi connectivity index (χ3n) is 5.02. The lowest BCUT2D eigenvalue weighted by atomic mass is 9.97. The number of nitriles is 1. The van der Waals surface area contributed by atoms with Crippen LogP contribution in [0.3, 0.4) is 0 Å². The number of hydrogen-bond acceptors (Lipinski definition) is 6. The summed E-state index contributed by atoms with van der Waals surface area (Å²) in [5.41, 5.74) is 0.800. The highest BCUT2D eigenvalue weighted by atomic mass is 32.2. The molecular weight excluding hydrogens is 426 g/mol. The van der Waals surface area contributed by atoms with Crippen LogP contribution >= 0.6 is 0 Å². The predicted molar refractivity (Wildman–Crippen MR) is 111 cm³/mol. The van der Waals surface area contributed by atoms with Crippen LogP contribution in [-0.2, 0) is 24.7 Å². The second-order valence-corrected chi connectivity index (χ2v) is 11.0. The number of piperidine rings is 1. The fourth-order valence-electron chi connectivity index (χ4n) is 3.29. The van der Waals surface area contributed by atoms with E-state index in [-0.39, 0.29) is 34.7 Å². The Morgan fingerprint density at radius 1 is 1.00 bits per heavy atom. The molecule has 0 saturated carbocycles. The Hall–Kier alpha value is -2.74. The highest BCUT2D eigenvalue weighted by Gasteiger charge is 2.32. The molecule has 0 aromatic heterocycles. The smallest absolute Gasteiger partial charge is 0.243 e. The van der Waals surface area contributed by atoms with Gasteiger partial charge in [-0.15, -0.1) is 0 Å². The Bertz CT molecular complexity index is 1190. The maximum absolute atomic E-state index is 12.8. The molecule has 10 heteroatoms. The molecular formula is C20H21N3O5S2. The number of sulfonamides is 1. The van der Waals surface area contributed by atoms with Gasteiger partial charge in [0.2, 0.25) is 15.9 Å². The van der Waals surface area contributed by atoms with Gasteiger partial charge in [0.25, 0.3) is 0 Å². The van der Waals surface area contributed by atoms with Gasteiger partial charge in [-0.2, -0.15) is 9.57 Å². The standard InChI is InChI=1S/C20H21N3O5S2/c1-29(25,26)17-6-8-18(9-7-17)30(27,28)23-12-10-15(11-13-23)20(24)22-19-5-3-2-4-16(19)14-21/h2-9,15H,10-13H2,1H3,(H,22,24). The third-order valence-corrected chi connectivity index (χ3v) is 8.06. The summed E-state index contributed by atoms with van der Waals surface area (Å²) < 4.78 is 50.1. The Labute approximate surface area is 176 Å². The van der Waals surface area contributed by atoms with Crippen molar-refractivity contribution >= 4 is 31.5 Å². The van der Waals surface area contributed by atoms with Gasteiger partial charge in [0.1, 0.15) is 6.07 Å². The van der Waals surface area contributed by atoms with E-state index in [4.69, 9.17) is 5.26 Å². The number of carbonyl (C=O) groups excluding carboxylic acids is 1. The largest absolute Gasteiger partial charge is 0.325 e. The first-order valence-corrected chi connectivity index (χ1v) is 12.6. The van der Waals surface area contributed by atoms with Gasteiger partial charge in [0.15, 0.2) is 9.84 Å². The van der Waals surface area contributed by atoms with Crippen LogP contribution in [0.25, 0.3) is 0 Å². The molecule has 1 saturated heterocycles. The minimum Gasteiger partial charge on any atom is -0.325 e. The van der Waals surface area contributed by atoms with E-state index < -0.39 is 19.9 Å². The SMILES string of the molecule is CS(=O)(=O)c1ccc(S(=O)(=O)N2CCC(C(=O)Nc3ccccc3C#N)CC2)cc1. The van der Waals surface area contributed by atoms with Crippen molar-refractivity contribution in [3.8, 4) is 6.07 Å². The number of carbonyl (C=O) groups is 1. The molecule has 3 rings (SSSR count). The average Bonchev–Trinajstić information content (AvgIpc) is 2.73. The minimum atomic E-state index is -3.78. The molecule has 1 amide bonds. The molecule has 2 aromatic carbocycles. The summed E-state index contributed by atoms with van der Waals surface area (Å²) in [6.07, 6.45) is 1.75. The first-order valence-electron chi connectivity index (χ1n) is 9.23. The molecule has 158 valence electrons. The van der Waals surface area contributed by atoms with E-state index >= 15 is 0 Å². The number of hydrogen-bond donors (Lipinski definition) is 1. The number of rotatable bonds is 5. The van der Waals surface area contributed by atoms with Gasteiger partial charge in [0.05, 0.1) is 21.0 Å². The second kappa shape index (κ2) is 8.55. The van der Waals surface area contributed by atoms with E-state index in [2.05, 4.69) is 5.32 Å². The molecule has 30 heavy (non-hydrogen) atoms. The molecule has 2 aromatic rings. The Kier molecular flexibility index (Phi) is 6.26. The summed E-state index contributed by atoms with van der Waals surface area (Å²) >= 11 is 0. The monoisotopic (exact) mass is 447 g/mol. The summed E-state index contributed by atoms with van der Waals surface area (Å²) in [5.74, 6) is -0.608. The summed E-state index contributed by atoms with van der Waals surface area (Å²) in [7, 11) is -7.19. The van der Waals surface area contributed by atoms with Gasteiger partial charge < -0.3 is 5.32 Å². The summed E-state index contributed by atoms with van der Waals surface area (Å²) in [5, 5.41) is 11.9. The van der Waals surface area contributed by atoms with Gasteiger partial charge in [-0.25, -0.2) is 16.8 Å². The number of nitrogens with zero attached hydrogens (tertiary/aromatic N) is 2. The van der Waals surface area contributed by atoms with Crippen molar-refractivity contribution in [1.29, 1.82) is 5.26 Å². The van der Waals surface area contributed by atoms with Crippen LogP contribution in [0.5, 0.6) is 0 Å². The maximum atomic E-state index is 12.8. The van der Waals surface area contributed by atoms with E-state index in [9.17, 15) is 21.6 Å². The fraction of sp³-hybridized carbons (Fsp3) is 0.300. The molecule has 0 atom stereocenters. The van der Waals surface area contributed by atoms with Crippen LogP contribution in [0.2, 0.25) is 0 Å². The van der Waals surface area contributed by atoms with E-state index in [1.807, 2.05) is 6.07 Å². The van der Waals surface area contributed by atoms with Crippen LogP contribution in [0.1, 0.15) is 18.4 Å². The molecule has 1 fully saturated rings. The van der Waals surface area contributed by atoms with Gasteiger partial charge in [-0.3, -0.25) is 4.79 Å². The second-order valence-electron chi connectivity index (χ2n) is 7.07. The van der Waals surface area contributed by atoms with Crippen molar-refractivity contribution in [2.24, 2.45) is 5.92 Å². The number of para-hydroxylation sites is 1. The molecule has 0 aliphatic carbocycles. The Balaban J connectivity index is 1.66. The van der Waals surface area contributed by atoms with Gasteiger partial charge in [0, 0.05) is 25.3 Å². The van der Waals surface area contributed by atoms with Crippen molar-refractivity contribution < 1.29 is 21.6 Å². The lowest BCUT2D eigenvalue weighted by Crippen LogP contribution is -2.41. The molecule has 0 unspecified atom stereocenters. The van der Waals surface area contributed by atoms with Crippen molar-refractivity contribution in [3.63, 3.8) is 0 Å². The topological polar surface area (TPSA) is 124 Å². The van der Waals surface area contributed by atoms with Gasteiger partial charge in [-0.05, 0) is 49.2 Å². The number of sulfone groups is 1. The Morgan fingerprint density at radius 2 is 1.57 bits per heavy atom. The molecule has 0 radical (unpaired) electrons. The molecule has 1 aliphatic heterocycles. The zero-order valence-electron chi connectivity index (χ0n) is 16.3. The minimum absolute atomic E-state index is 0.0146. The molecule has 0 spiro atoms. The Morgan fingerprint density at radius 3 is 2.13 bits per heavy atom. The van der Waals surface area contributed by atoms with Gasteiger partial charge in [-0.1, -0.05) is 12.1 Å². The first-order chi connectivity index (χ1) is 14.1. The van der Waals surface area contributed by atoms with Crippen LogP contribution in [0.15, 0.2) is 58.3 Å². The van der Waals surface area contributed by atoms with E-state index in [1.54, 1.807) is 24.3 Å². The lowest BCUT2D eigenvalue weighted by Gasteiger charge is -2.30. The molecule has 1 aliphatic rings.